The Morgan fingerprint density at radius 3 is 2.80 bits per heavy atom. The van der Waals surface area contributed by atoms with Crippen LogP contribution in [0.3, 0.4) is 0 Å². The van der Waals surface area contributed by atoms with Crippen molar-refractivity contribution in [2.75, 3.05) is 33.7 Å². The van der Waals surface area contributed by atoms with E-state index in [0.29, 0.717) is 17.9 Å². The van der Waals surface area contributed by atoms with Crippen molar-refractivity contribution in [3.63, 3.8) is 0 Å². The van der Waals surface area contributed by atoms with Crippen molar-refractivity contribution < 1.29 is 4.52 Å². The van der Waals surface area contributed by atoms with Crippen LogP contribution in [0.1, 0.15) is 38.0 Å². The molecule has 0 amide bonds. The largest absolute Gasteiger partial charge is 0.338 e. The Bertz CT molecular complexity index is 419. The Kier molecular flexibility index (Phi) is 5.12. The molecule has 1 aromatic rings. The van der Waals surface area contributed by atoms with Gasteiger partial charge in [-0.25, -0.2) is 0 Å². The van der Waals surface area contributed by atoms with Crippen LogP contribution in [0.25, 0.3) is 0 Å². The van der Waals surface area contributed by atoms with Gasteiger partial charge in [-0.2, -0.15) is 4.98 Å². The molecule has 0 aliphatic carbocycles. The van der Waals surface area contributed by atoms with Crippen molar-refractivity contribution in [1.82, 2.24) is 19.9 Å². The molecule has 2 atom stereocenters. The summed E-state index contributed by atoms with van der Waals surface area (Å²) in [6.45, 7) is 7.52. The molecule has 0 bridgehead atoms. The molecule has 1 aromatic heterocycles. The third-order valence-electron chi connectivity index (χ3n) is 3.92. The Morgan fingerprint density at radius 1 is 1.35 bits per heavy atom. The lowest BCUT2D eigenvalue weighted by Gasteiger charge is -2.37. The van der Waals surface area contributed by atoms with Crippen molar-refractivity contribution in [2.24, 2.45) is 11.7 Å². The monoisotopic (exact) mass is 281 g/mol. The molecule has 6 heteroatoms. The Labute approximate surface area is 121 Å². The molecule has 0 radical (unpaired) electrons. The number of likely N-dealkylation sites (N-methyl/N-ethyl adjacent to an activating group) is 2. The molecular weight excluding hydrogens is 254 g/mol. The molecule has 2 rings (SSSR count). The molecule has 114 valence electrons. The summed E-state index contributed by atoms with van der Waals surface area (Å²) < 4.78 is 5.31. The predicted octanol–water partition coefficient (Wildman–Crippen LogP) is 0.904. The fraction of sp³-hybridized carbons (Fsp3) is 0.857. The van der Waals surface area contributed by atoms with E-state index in [-0.39, 0.29) is 6.04 Å². The van der Waals surface area contributed by atoms with Gasteiger partial charge in [0.15, 0.2) is 5.82 Å². The summed E-state index contributed by atoms with van der Waals surface area (Å²) in [5.74, 6) is 1.87. The van der Waals surface area contributed by atoms with E-state index in [1.807, 2.05) is 0 Å². The maximum atomic E-state index is 6.08. The standard InChI is InChI=1S/C14H27N5O/c1-10(2)7-12(15)14-16-13(17-20-14)8-11-9-18(3)5-6-19(11)4/h10-12H,5-9,15H2,1-4H3/t11?,12-/m0/s1. The van der Waals surface area contributed by atoms with Gasteiger partial charge >= 0.3 is 0 Å². The highest BCUT2D eigenvalue weighted by atomic mass is 16.5. The molecule has 0 saturated carbocycles. The first kappa shape index (κ1) is 15.4. The average molecular weight is 281 g/mol. The van der Waals surface area contributed by atoms with Gasteiger partial charge in [0.05, 0.1) is 6.04 Å². The van der Waals surface area contributed by atoms with Crippen LogP contribution in [0.2, 0.25) is 0 Å². The summed E-state index contributed by atoms with van der Waals surface area (Å²) in [6.07, 6.45) is 1.69. The van der Waals surface area contributed by atoms with Crippen LogP contribution < -0.4 is 5.73 Å². The fourth-order valence-corrected chi connectivity index (χ4v) is 2.64. The van der Waals surface area contributed by atoms with Gasteiger partial charge < -0.3 is 20.1 Å². The van der Waals surface area contributed by atoms with Gasteiger partial charge in [-0.05, 0) is 26.4 Å². The second kappa shape index (κ2) is 6.65. The molecule has 2 N–H and O–H groups in total. The van der Waals surface area contributed by atoms with Gasteiger partial charge in [0, 0.05) is 32.1 Å². The van der Waals surface area contributed by atoms with E-state index >= 15 is 0 Å². The minimum absolute atomic E-state index is 0.150. The highest BCUT2D eigenvalue weighted by Crippen LogP contribution is 2.18. The first-order chi connectivity index (χ1) is 9.45. The van der Waals surface area contributed by atoms with E-state index < -0.39 is 0 Å². The second-order valence-electron chi connectivity index (χ2n) is 6.39. The predicted molar refractivity (Wildman–Crippen MR) is 78.3 cm³/mol. The molecular formula is C14H27N5O. The quantitative estimate of drug-likeness (QED) is 0.865. The average Bonchev–Trinajstić information content (AvgIpc) is 2.82. The summed E-state index contributed by atoms with van der Waals surface area (Å²) >= 11 is 0. The smallest absolute Gasteiger partial charge is 0.243 e. The summed E-state index contributed by atoms with van der Waals surface area (Å²) in [5.41, 5.74) is 6.08. The van der Waals surface area contributed by atoms with Gasteiger partial charge in [0.25, 0.3) is 0 Å². The molecule has 1 fully saturated rings. The molecule has 1 aliphatic rings. The number of nitrogens with zero attached hydrogens (tertiary/aromatic N) is 4. The normalized spacial score (nSPS) is 23.4. The van der Waals surface area contributed by atoms with Crippen molar-refractivity contribution in [1.29, 1.82) is 0 Å². The zero-order valence-electron chi connectivity index (χ0n) is 13.0. The van der Waals surface area contributed by atoms with Crippen molar-refractivity contribution in [3.05, 3.63) is 11.7 Å². The topological polar surface area (TPSA) is 71.4 Å². The summed E-state index contributed by atoms with van der Waals surface area (Å²) in [4.78, 5) is 9.18. The van der Waals surface area contributed by atoms with E-state index in [0.717, 1.165) is 38.3 Å². The molecule has 2 heterocycles. The zero-order valence-corrected chi connectivity index (χ0v) is 13.0. The minimum Gasteiger partial charge on any atom is -0.338 e. The van der Waals surface area contributed by atoms with Crippen LogP contribution in [0.4, 0.5) is 0 Å². The highest BCUT2D eigenvalue weighted by Gasteiger charge is 2.25. The summed E-state index contributed by atoms with van der Waals surface area (Å²) in [6, 6.07) is 0.295. The van der Waals surface area contributed by atoms with E-state index in [2.05, 4.69) is 47.9 Å². The number of hydrogen-bond acceptors (Lipinski definition) is 6. The zero-order chi connectivity index (χ0) is 14.7. The van der Waals surface area contributed by atoms with Gasteiger partial charge in [0.2, 0.25) is 5.89 Å². The summed E-state index contributed by atoms with van der Waals surface area (Å²) in [7, 11) is 4.31. The van der Waals surface area contributed by atoms with Crippen LogP contribution in [-0.4, -0.2) is 59.7 Å². The fourth-order valence-electron chi connectivity index (χ4n) is 2.64. The number of hydrogen-bond donors (Lipinski definition) is 1. The van der Waals surface area contributed by atoms with Crippen molar-refractivity contribution in [2.45, 2.75) is 38.8 Å². The SMILES string of the molecule is CC(C)C[C@H](N)c1nc(CC2CN(C)CCN2C)no1. The van der Waals surface area contributed by atoms with E-state index in [1.165, 1.54) is 0 Å². The van der Waals surface area contributed by atoms with Gasteiger partial charge in [-0.15, -0.1) is 0 Å². The van der Waals surface area contributed by atoms with Crippen LogP contribution >= 0.6 is 0 Å². The molecule has 1 unspecified atom stereocenters. The number of nitrogens with two attached hydrogens (primary N) is 1. The number of rotatable bonds is 5. The van der Waals surface area contributed by atoms with Crippen LogP contribution in [0.15, 0.2) is 4.52 Å². The maximum Gasteiger partial charge on any atom is 0.243 e. The van der Waals surface area contributed by atoms with E-state index in [1.54, 1.807) is 0 Å². The first-order valence-electron chi connectivity index (χ1n) is 7.42. The molecule has 20 heavy (non-hydrogen) atoms. The first-order valence-corrected chi connectivity index (χ1v) is 7.42. The lowest BCUT2D eigenvalue weighted by atomic mass is 10.0. The number of piperazine rings is 1. The highest BCUT2D eigenvalue weighted by molar-refractivity contribution is 4.96. The Morgan fingerprint density at radius 2 is 2.10 bits per heavy atom. The maximum absolute atomic E-state index is 6.08. The van der Waals surface area contributed by atoms with Gasteiger partial charge in [-0.3, -0.25) is 0 Å². The van der Waals surface area contributed by atoms with Crippen molar-refractivity contribution in [3.8, 4) is 0 Å². The minimum atomic E-state index is -0.150. The lowest BCUT2D eigenvalue weighted by molar-refractivity contribution is 0.113. The van der Waals surface area contributed by atoms with Gasteiger partial charge in [0.1, 0.15) is 0 Å². The van der Waals surface area contributed by atoms with E-state index in [4.69, 9.17) is 10.3 Å². The molecule has 6 nitrogen and oxygen atoms in total. The lowest BCUT2D eigenvalue weighted by Crippen LogP contribution is -2.50. The van der Waals surface area contributed by atoms with Crippen molar-refractivity contribution >= 4 is 0 Å². The third kappa shape index (κ3) is 4.01. The molecule has 1 aliphatic heterocycles. The Hall–Kier alpha value is -0.980. The van der Waals surface area contributed by atoms with Crippen LogP contribution in [0, 0.1) is 5.92 Å². The molecule has 0 aromatic carbocycles. The van der Waals surface area contributed by atoms with Crippen LogP contribution in [0.5, 0.6) is 0 Å². The Balaban J connectivity index is 1.95. The van der Waals surface area contributed by atoms with Crippen LogP contribution in [-0.2, 0) is 6.42 Å². The number of aromatic nitrogens is 2. The summed E-state index contributed by atoms with van der Waals surface area (Å²) in [5, 5.41) is 4.09. The third-order valence-corrected chi connectivity index (χ3v) is 3.92. The molecule has 0 spiro atoms. The molecule has 1 saturated heterocycles. The second-order valence-corrected chi connectivity index (χ2v) is 6.39. The van der Waals surface area contributed by atoms with Gasteiger partial charge in [-0.1, -0.05) is 19.0 Å². The van der Waals surface area contributed by atoms with E-state index in [9.17, 15) is 0 Å².